The third kappa shape index (κ3) is 3.01. The van der Waals surface area contributed by atoms with Crippen molar-refractivity contribution in [3.8, 4) is 0 Å². The zero-order valence-electron chi connectivity index (χ0n) is 11.9. The van der Waals surface area contributed by atoms with E-state index in [1.165, 1.54) is 9.80 Å². The first-order valence-corrected chi connectivity index (χ1v) is 7.24. The van der Waals surface area contributed by atoms with Gasteiger partial charge in [0.05, 0.1) is 6.61 Å². The molecule has 3 amide bonds. The second-order valence-corrected chi connectivity index (χ2v) is 5.57. The molecule has 0 radical (unpaired) electrons. The minimum absolute atomic E-state index is 0.243. The number of primary amides is 1. The van der Waals surface area contributed by atoms with Gasteiger partial charge in [-0.15, -0.1) is 0 Å². The van der Waals surface area contributed by atoms with E-state index in [-0.39, 0.29) is 5.91 Å². The Morgan fingerprint density at radius 2 is 1.67 bits per heavy atom. The van der Waals surface area contributed by atoms with E-state index in [0.29, 0.717) is 32.4 Å². The zero-order valence-corrected chi connectivity index (χ0v) is 11.9. The van der Waals surface area contributed by atoms with Crippen LogP contribution in [0, 0.1) is 0 Å². The van der Waals surface area contributed by atoms with Crippen molar-refractivity contribution >= 4 is 17.7 Å². The smallest absolute Gasteiger partial charge is 0.246 e. The Balaban J connectivity index is 2.10. The molecule has 3 unspecified atom stereocenters. The van der Waals surface area contributed by atoms with Gasteiger partial charge in [0.2, 0.25) is 17.7 Å². The van der Waals surface area contributed by atoms with Crippen LogP contribution >= 0.6 is 0 Å². The lowest BCUT2D eigenvalue weighted by molar-refractivity contribution is -0.147. The van der Waals surface area contributed by atoms with Crippen LogP contribution in [0.1, 0.15) is 25.7 Å². The summed E-state index contributed by atoms with van der Waals surface area (Å²) in [6, 6.07) is -2.19. The average molecular weight is 298 g/mol. The van der Waals surface area contributed by atoms with Crippen molar-refractivity contribution in [1.29, 1.82) is 0 Å². The van der Waals surface area contributed by atoms with Gasteiger partial charge in [-0.2, -0.15) is 0 Å². The highest BCUT2D eigenvalue weighted by Crippen LogP contribution is 2.25. The molecule has 0 saturated carbocycles. The van der Waals surface area contributed by atoms with Crippen molar-refractivity contribution < 1.29 is 19.5 Å². The lowest BCUT2D eigenvalue weighted by Crippen LogP contribution is -2.55. The molecule has 0 aliphatic carbocycles. The third-order valence-electron chi connectivity index (χ3n) is 4.20. The number of carbonyl (C=O) groups is 3. The summed E-state index contributed by atoms with van der Waals surface area (Å²) in [6.07, 6.45) is 2.55. The number of amides is 3. The molecule has 2 saturated heterocycles. The number of rotatable bonds is 4. The molecule has 0 aromatic rings. The fraction of sp³-hybridized carbons (Fsp3) is 0.769. The Bertz CT molecular complexity index is 442. The number of carbonyl (C=O) groups excluding carboxylic acids is 3. The van der Waals surface area contributed by atoms with Crippen molar-refractivity contribution in [2.24, 2.45) is 11.5 Å². The van der Waals surface area contributed by atoms with Crippen molar-refractivity contribution in [3.05, 3.63) is 0 Å². The van der Waals surface area contributed by atoms with E-state index in [0.717, 1.165) is 6.42 Å². The van der Waals surface area contributed by atoms with Crippen molar-refractivity contribution in [1.82, 2.24) is 9.80 Å². The van der Waals surface area contributed by atoms with Crippen molar-refractivity contribution in [3.63, 3.8) is 0 Å². The predicted molar refractivity (Wildman–Crippen MR) is 73.7 cm³/mol. The molecule has 2 aliphatic rings. The summed E-state index contributed by atoms with van der Waals surface area (Å²) in [6.45, 7) is 0.471. The molecule has 5 N–H and O–H groups in total. The summed E-state index contributed by atoms with van der Waals surface area (Å²) < 4.78 is 0. The lowest BCUT2D eigenvalue weighted by Gasteiger charge is -2.31. The maximum absolute atomic E-state index is 12.6. The second kappa shape index (κ2) is 6.40. The normalized spacial score (nSPS) is 27.0. The minimum atomic E-state index is -1.01. The molecular formula is C13H22N4O4. The number of nitrogens with zero attached hydrogens (tertiary/aromatic N) is 2. The van der Waals surface area contributed by atoms with E-state index in [1.54, 1.807) is 0 Å². The van der Waals surface area contributed by atoms with Crippen LogP contribution in [0.25, 0.3) is 0 Å². The monoisotopic (exact) mass is 298 g/mol. The van der Waals surface area contributed by atoms with Crippen molar-refractivity contribution in [2.75, 3.05) is 19.7 Å². The molecule has 2 fully saturated rings. The number of hydrogen-bond acceptors (Lipinski definition) is 5. The minimum Gasteiger partial charge on any atom is -0.394 e. The topological polar surface area (TPSA) is 130 Å². The van der Waals surface area contributed by atoms with E-state index >= 15 is 0 Å². The van der Waals surface area contributed by atoms with Gasteiger partial charge < -0.3 is 26.4 Å². The summed E-state index contributed by atoms with van der Waals surface area (Å²) in [5, 5.41) is 8.99. The highest BCUT2D eigenvalue weighted by molar-refractivity contribution is 5.93. The molecule has 0 aromatic carbocycles. The molecule has 8 heteroatoms. The molecule has 118 valence electrons. The standard InChI is InChI=1S/C13H22N4O4/c14-8(7-18)12(20)17-6-2-4-10(17)13(21)16-5-1-3-9(16)11(15)19/h8-10,18H,1-7,14H2,(H2,15,19). The number of hydrogen-bond donors (Lipinski definition) is 3. The predicted octanol–water partition coefficient (Wildman–Crippen LogP) is -2.23. The Morgan fingerprint density at radius 3 is 2.24 bits per heavy atom. The zero-order chi connectivity index (χ0) is 15.6. The van der Waals surface area contributed by atoms with Gasteiger partial charge in [-0.3, -0.25) is 14.4 Å². The number of nitrogens with two attached hydrogens (primary N) is 2. The SMILES string of the molecule is NC(=O)C1CCCN1C(=O)C1CCCN1C(=O)C(N)CO. The maximum Gasteiger partial charge on any atom is 0.246 e. The van der Waals surface area contributed by atoms with E-state index in [4.69, 9.17) is 16.6 Å². The Morgan fingerprint density at radius 1 is 1.10 bits per heavy atom. The lowest BCUT2D eigenvalue weighted by atomic mass is 10.1. The summed E-state index contributed by atoms with van der Waals surface area (Å²) in [4.78, 5) is 39.0. The Labute approximate surface area is 123 Å². The first-order valence-electron chi connectivity index (χ1n) is 7.24. The summed E-state index contributed by atoms with van der Waals surface area (Å²) in [7, 11) is 0. The number of aliphatic hydroxyl groups is 1. The third-order valence-corrected chi connectivity index (χ3v) is 4.20. The van der Waals surface area contributed by atoms with Crippen LogP contribution in [0.15, 0.2) is 0 Å². The van der Waals surface area contributed by atoms with E-state index in [1.807, 2.05) is 0 Å². The van der Waals surface area contributed by atoms with Crippen LogP contribution in [0.2, 0.25) is 0 Å². The van der Waals surface area contributed by atoms with Gasteiger partial charge in [-0.05, 0) is 25.7 Å². The first kappa shape index (κ1) is 15.7. The molecular weight excluding hydrogens is 276 g/mol. The highest BCUT2D eigenvalue weighted by Gasteiger charge is 2.42. The molecule has 0 aromatic heterocycles. The Kier molecular flexibility index (Phi) is 4.79. The van der Waals surface area contributed by atoms with Crippen LogP contribution in [0.3, 0.4) is 0 Å². The second-order valence-electron chi connectivity index (χ2n) is 5.57. The molecule has 0 spiro atoms. The van der Waals surface area contributed by atoms with Gasteiger partial charge in [0, 0.05) is 13.1 Å². The van der Waals surface area contributed by atoms with Crippen LogP contribution in [0.4, 0.5) is 0 Å². The van der Waals surface area contributed by atoms with E-state index in [9.17, 15) is 14.4 Å². The molecule has 8 nitrogen and oxygen atoms in total. The number of likely N-dealkylation sites (tertiary alicyclic amines) is 2. The largest absolute Gasteiger partial charge is 0.394 e. The van der Waals surface area contributed by atoms with E-state index < -0.39 is 36.5 Å². The summed E-state index contributed by atoms with van der Waals surface area (Å²) >= 11 is 0. The van der Waals surface area contributed by atoms with Gasteiger partial charge in [0.1, 0.15) is 18.1 Å². The van der Waals surface area contributed by atoms with Crippen LogP contribution < -0.4 is 11.5 Å². The summed E-state index contributed by atoms with van der Waals surface area (Å²) in [5.74, 6) is -1.18. The fourth-order valence-electron chi connectivity index (χ4n) is 3.10. The molecule has 2 aliphatic heterocycles. The molecule has 0 bridgehead atoms. The van der Waals surface area contributed by atoms with Gasteiger partial charge >= 0.3 is 0 Å². The molecule has 3 atom stereocenters. The maximum atomic E-state index is 12.6. The molecule has 2 heterocycles. The highest BCUT2D eigenvalue weighted by atomic mass is 16.3. The van der Waals surface area contributed by atoms with Crippen LogP contribution in [-0.2, 0) is 14.4 Å². The fourth-order valence-corrected chi connectivity index (χ4v) is 3.10. The molecule has 21 heavy (non-hydrogen) atoms. The quantitative estimate of drug-likeness (QED) is 0.541. The van der Waals surface area contributed by atoms with Crippen LogP contribution in [0.5, 0.6) is 0 Å². The van der Waals surface area contributed by atoms with Crippen LogP contribution in [-0.4, -0.2) is 70.4 Å². The molecule has 2 rings (SSSR count). The van der Waals surface area contributed by atoms with E-state index in [2.05, 4.69) is 0 Å². The van der Waals surface area contributed by atoms with Gasteiger partial charge in [-0.1, -0.05) is 0 Å². The summed E-state index contributed by atoms with van der Waals surface area (Å²) in [5.41, 5.74) is 10.9. The first-order chi connectivity index (χ1) is 9.97. The van der Waals surface area contributed by atoms with Gasteiger partial charge in [0.25, 0.3) is 0 Å². The average Bonchev–Trinajstić information content (AvgIpc) is 3.13. The van der Waals surface area contributed by atoms with Gasteiger partial charge in [-0.25, -0.2) is 0 Å². The van der Waals surface area contributed by atoms with Crippen molar-refractivity contribution in [2.45, 2.75) is 43.8 Å². The van der Waals surface area contributed by atoms with Gasteiger partial charge in [0.15, 0.2) is 0 Å². The Hall–Kier alpha value is -1.67. The number of aliphatic hydroxyl groups excluding tert-OH is 1.